The number of rotatable bonds is 5. The second-order valence-corrected chi connectivity index (χ2v) is 8.12. The summed E-state index contributed by atoms with van der Waals surface area (Å²) in [5.74, 6) is 1.05. The zero-order valence-electron chi connectivity index (χ0n) is 14.8. The first kappa shape index (κ1) is 17.9. The molecule has 0 atom stereocenters. The maximum absolute atomic E-state index is 12.3. The fourth-order valence-corrected chi connectivity index (χ4v) is 4.86. The van der Waals surface area contributed by atoms with E-state index in [-0.39, 0.29) is 5.91 Å². The smallest absolute Gasteiger partial charge is 0.234 e. The maximum atomic E-state index is 12.3. The van der Waals surface area contributed by atoms with Crippen molar-refractivity contribution in [1.29, 1.82) is 0 Å². The molecule has 2 heterocycles. The quantitative estimate of drug-likeness (QED) is 0.511. The highest BCUT2D eigenvalue weighted by molar-refractivity contribution is 8.00. The van der Waals surface area contributed by atoms with Crippen LogP contribution in [0.25, 0.3) is 10.2 Å². The van der Waals surface area contributed by atoms with Crippen molar-refractivity contribution in [2.75, 3.05) is 11.1 Å². The van der Waals surface area contributed by atoms with Gasteiger partial charge >= 0.3 is 0 Å². The van der Waals surface area contributed by atoms with Crippen LogP contribution in [0.1, 0.15) is 28.8 Å². The van der Waals surface area contributed by atoms with E-state index in [2.05, 4.69) is 29.1 Å². The zero-order chi connectivity index (χ0) is 18.0. The lowest BCUT2D eigenvalue weighted by Gasteiger charge is -2.07. The van der Waals surface area contributed by atoms with E-state index in [1.165, 1.54) is 27.8 Å². The highest BCUT2D eigenvalue weighted by atomic mass is 32.2. The standard InChI is InChI=1S/C19H21N3OS2/c1-5-15-12(3)25-19-17(15)18(20-13(4)21-19)24-10-16(23)22-14-8-6-11(2)7-9-14/h6-9H,5,10H2,1-4H3,(H,22,23). The number of aryl methyl sites for hydroxylation is 4. The number of aromatic nitrogens is 2. The van der Waals surface area contributed by atoms with Crippen LogP contribution in [0.4, 0.5) is 5.69 Å². The number of hydrogen-bond acceptors (Lipinski definition) is 5. The van der Waals surface area contributed by atoms with Gasteiger partial charge in [-0.2, -0.15) is 0 Å². The van der Waals surface area contributed by atoms with Crippen LogP contribution in [0.5, 0.6) is 0 Å². The van der Waals surface area contributed by atoms with Gasteiger partial charge in [-0.15, -0.1) is 11.3 Å². The molecule has 3 aromatic rings. The molecular formula is C19H21N3OS2. The molecule has 0 spiro atoms. The fourth-order valence-electron chi connectivity index (χ4n) is 2.73. The molecule has 1 amide bonds. The summed E-state index contributed by atoms with van der Waals surface area (Å²) in [5, 5.41) is 4.96. The maximum Gasteiger partial charge on any atom is 0.234 e. The minimum atomic E-state index is -0.0248. The number of benzene rings is 1. The van der Waals surface area contributed by atoms with Gasteiger partial charge < -0.3 is 5.32 Å². The molecule has 1 aromatic carbocycles. The van der Waals surface area contributed by atoms with Gasteiger partial charge in [0.2, 0.25) is 5.91 Å². The van der Waals surface area contributed by atoms with Crippen molar-refractivity contribution in [3.05, 3.63) is 46.1 Å². The van der Waals surface area contributed by atoms with Crippen molar-refractivity contribution < 1.29 is 4.79 Å². The highest BCUT2D eigenvalue weighted by Gasteiger charge is 2.16. The molecule has 0 aliphatic rings. The second kappa shape index (κ2) is 7.54. The van der Waals surface area contributed by atoms with Gasteiger partial charge in [0.15, 0.2) is 0 Å². The number of thiophene rings is 1. The van der Waals surface area contributed by atoms with Crippen LogP contribution in [0, 0.1) is 20.8 Å². The molecule has 4 nitrogen and oxygen atoms in total. The Labute approximate surface area is 156 Å². The molecular weight excluding hydrogens is 350 g/mol. The second-order valence-electron chi connectivity index (χ2n) is 5.95. The number of carbonyl (C=O) groups excluding carboxylic acids is 1. The van der Waals surface area contributed by atoms with Gasteiger partial charge in [-0.3, -0.25) is 4.79 Å². The molecule has 0 radical (unpaired) electrons. The monoisotopic (exact) mass is 371 g/mol. The Balaban J connectivity index is 1.78. The molecule has 0 fully saturated rings. The lowest BCUT2D eigenvalue weighted by molar-refractivity contribution is -0.113. The van der Waals surface area contributed by atoms with E-state index < -0.39 is 0 Å². The van der Waals surface area contributed by atoms with E-state index in [0.717, 1.165) is 33.2 Å². The number of fused-ring (bicyclic) bond motifs is 1. The van der Waals surface area contributed by atoms with Gasteiger partial charge in [0.1, 0.15) is 15.7 Å². The third-order valence-electron chi connectivity index (χ3n) is 3.96. The van der Waals surface area contributed by atoms with Crippen molar-refractivity contribution >= 4 is 44.9 Å². The minimum Gasteiger partial charge on any atom is -0.325 e. The first-order chi connectivity index (χ1) is 12.0. The highest BCUT2D eigenvalue weighted by Crippen LogP contribution is 2.35. The van der Waals surface area contributed by atoms with E-state index in [4.69, 9.17) is 0 Å². The van der Waals surface area contributed by atoms with Crippen LogP contribution >= 0.6 is 23.1 Å². The summed E-state index contributed by atoms with van der Waals surface area (Å²) < 4.78 is 0. The van der Waals surface area contributed by atoms with Gasteiger partial charge in [0.25, 0.3) is 0 Å². The van der Waals surface area contributed by atoms with Gasteiger partial charge in [0.05, 0.1) is 5.75 Å². The first-order valence-corrected chi connectivity index (χ1v) is 10.0. The third-order valence-corrected chi connectivity index (χ3v) is 5.98. The van der Waals surface area contributed by atoms with E-state index in [0.29, 0.717) is 5.75 Å². The van der Waals surface area contributed by atoms with Gasteiger partial charge in [0, 0.05) is 16.0 Å². The van der Waals surface area contributed by atoms with Crippen LogP contribution in [0.2, 0.25) is 0 Å². The average molecular weight is 372 g/mol. The fraction of sp³-hybridized carbons (Fsp3) is 0.316. The Hall–Kier alpha value is -1.92. The normalized spacial score (nSPS) is 11.0. The van der Waals surface area contributed by atoms with Gasteiger partial charge in [-0.05, 0) is 44.9 Å². The van der Waals surface area contributed by atoms with Crippen LogP contribution in [0.3, 0.4) is 0 Å². The molecule has 0 saturated carbocycles. The predicted molar refractivity (Wildman–Crippen MR) is 107 cm³/mol. The Morgan fingerprint density at radius 2 is 1.88 bits per heavy atom. The lowest BCUT2D eigenvalue weighted by Crippen LogP contribution is -2.14. The van der Waals surface area contributed by atoms with Crippen molar-refractivity contribution in [2.45, 2.75) is 39.1 Å². The summed E-state index contributed by atoms with van der Waals surface area (Å²) in [7, 11) is 0. The number of nitrogens with one attached hydrogen (secondary N) is 1. The molecule has 3 rings (SSSR count). The SMILES string of the molecule is CCc1c(C)sc2nc(C)nc(SCC(=O)Nc3ccc(C)cc3)c12. The number of hydrogen-bond donors (Lipinski definition) is 1. The third kappa shape index (κ3) is 4.02. The molecule has 0 aliphatic carbocycles. The van der Waals surface area contributed by atoms with Crippen LogP contribution < -0.4 is 5.32 Å². The Morgan fingerprint density at radius 3 is 2.56 bits per heavy atom. The van der Waals surface area contributed by atoms with Crippen molar-refractivity contribution in [3.8, 4) is 0 Å². The van der Waals surface area contributed by atoms with Gasteiger partial charge in [-0.25, -0.2) is 9.97 Å². The number of thioether (sulfide) groups is 1. The lowest BCUT2D eigenvalue weighted by atomic mass is 10.1. The number of carbonyl (C=O) groups is 1. The number of amides is 1. The van der Waals surface area contributed by atoms with E-state index in [1.807, 2.05) is 38.1 Å². The minimum absolute atomic E-state index is 0.0248. The van der Waals surface area contributed by atoms with E-state index >= 15 is 0 Å². The summed E-state index contributed by atoms with van der Waals surface area (Å²) in [6, 6.07) is 7.81. The van der Waals surface area contributed by atoms with Crippen molar-refractivity contribution in [2.24, 2.45) is 0 Å². The van der Waals surface area contributed by atoms with Crippen LogP contribution in [0.15, 0.2) is 29.3 Å². The largest absolute Gasteiger partial charge is 0.325 e. The first-order valence-electron chi connectivity index (χ1n) is 8.24. The molecule has 0 saturated heterocycles. The predicted octanol–water partition coefficient (Wildman–Crippen LogP) is 4.91. The van der Waals surface area contributed by atoms with Crippen LogP contribution in [-0.2, 0) is 11.2 Å². The molecule has 130 valence electrons. The molecule has 25 heavy (non-hydrogen) atoms. The molecule has 2 aromatic heterocycles. The zero-order valence-corrected chi connectivity index (χ0v) is 16.5. The van der Waals surface area contributed by atoms with Crippen LogP contribution in [-0.4, -0.2) is 21.6 Å². The molecule has 0 aliphatic heterocycles. The van der Waals surface area contributed by atoms with Gasteiger partial charge in [-0.1, -0.05) is 36.4 Å². The van der Waals surface area contributed by atoms with E-state index in [1.54, 1.807) is 11.3 Å². The summed E-state index contributed by atoms with van der Waals surface area (Å²) in [6.45, 7) is 8.20. The van der Waals surface area contributed by atoms with Crippen molar-refractivity contribution in [3.63, 3.8) is 0 Å². The number of anilines is 1. The summed E-state index contributed by atoms with van der Waals surface area (Å²) >= 11 is 3.19. The average Bonchev–Trinajstić information content (AvgIpc) is 2.89. The summed E-state index contributed by atoms with van der Waals surface area (Å²) in [6.07, 6.45) is 0.946. The Kier molecular flexibility index (Phi) is 5.39. The summed E-state index contributed by atoms with van der Waals surface area (Å²) in [5.41, 5.74) is 3.29. The molecule has 1 N–H and O–H groups in total. The molecule has 6 heteroatoms. The molecule has 0 unspecified atom stereocenters. The Morgan fingerprint density at radius 1 is 1.16 bits per heavy atom. The topological polar surface area (TPSA) is 54.9 Å². The van der Waals surface area contributed by atoms with Crippen molar-refractivity contribution in [1.82, 2.24) is 9.97 Å². The summed E-state index contributed by atoms with van der Waals surface area (Å²) in [4.78, 5) is 23.7. The van der Waals surface area contributed by atoms with E-state index in [9.17, 15) is 4.79 Å². The molecule has 0 bridgehead atoms. The Bertz CT molecular complexity index is 917. The number of nitrogens with zero attached hydrogens (tertiary/aromatic N) is 2.